The molecular weight excluding hydrogens is 338 g/mol. The van der Waals surface area contributed by atoms with Crippen molar-refractivity contribution in [3.63, 3.8) is 0 Å². The first-order valence-corrected chi connectivity index (χ1v) is 8.79. The van der Waals surface area contributed by atoms with Crippen molar-refractivity contribution in [3.8, 4) is 11.1 Å². The summed E-state index contributed by atoms with van der Waals surface area (Å²) in [6.07, 6.45) is 1.59. The molecule has 0 spiro atoms. The van der Waals surface area contributed by atoms with Gasteiger partial charge in [0.15, 0.2) is 0 Å². The van der Waals surface area contributed by atoms with Crippen molar-refractivity contribution < 1.29 is 0 Å². The number of nitrogens with zero attached hydrogens (tertiary/aromatic N) is 2. The van der Waals surface area contributed by atoms with Crippen LogP contribution in [-0.4, -0.2) is 9.97 Å². The topological polar surface area (TPSA) is 37.8 Å². The Labute approximate surface area is 149 Å². The number of thiophene rings is 1. The van der Waals surface area contributed by atoms with Gasteiger partial charge in [-0.2, -0.15) is 0 Å². The highest BCUT2D eigenvalue weighted by atomic mass is 35.5. The lowest BCUT2D eigenvalue weighted by Gasteiger charge is -2.11. The van der Waals surface area contributed by atoms with Crippen molar-refractivity contribution in [3.05, 3.63) is 70.8 Å². The molecule has 0 aliphatic rings. The van der Waals surface area contributed by atoms with Crippen molar-refractivity contribution in [2.75, 3.05) is 5.32 Å². The molecule has 0 amide bonds. The molecule has 0 aliphatic carbocycles. The minimum absolute atomic E-state index is 0.735. The van der Waals surface area contributed by atoms with Gasteiger partial charge in [0.25, 0.3) is 0 Å². The first-order chi connectivity index (χ1) is 11.7. The van der Waals surface area contributed by atoms with Crippen LogP contribution in [0.3, 0.4) is 0 Å². The Morgan fingerprint density at radius 2 is 1.83 bits per heavy atom. The lowest BCUT2D eigenvalue weighted by atomic mass is 10.1. The fraction of sp³-hybridized carbons (Fsp3) is 0.0526. The summed E-state index contributed by atoms with van der Waals surface area (Å²) >= 11 is 7.86. The molecule has 1 N–H and O–H groups in total. The third-order valence-electron chi connectivity index (χ3n) is 3.98. The highest BCUT2D eigenvalue weighted by Crippen LogP contribution is 2.38. The van der Waals surface area contributed by atoms with E-state index in [-0.39, 0.29) is 0 Å². The molecule has 2 heterocycles. The van der Waals surface area contributed by atoms with Crippen LogP contribution in [0.1, 0.15) is 5.56 Å². The molecule has 0 unspecified atom stereocenters. The van der Waals surface area contributed by atoms with Gasteiger partial charge < -0.3 is 5.32 Å². The summed E-state index contributed by atoms with van der Waals surface area (Å²) in [4.78, 5) is 9.85. The van der Waals surface area contributed by atoms with Crippen molar-refractivity contribution >= 4 is 44.7 Å². The molecule has 24 heavy (non-hydrogen) atoms. The highest BCUT2D eigenvalue weighted by molar-refractivity contribution is 7.17. The minimum Gasteiger partial charge on any atom is -0.339 e. The largest absolute Gasteiger partial charge is 0.339 e. The molecule has 0 bridgehead atoms. The molecule has 0 radical (unpaired) electrons. The Balaban J connectivity index is 1.87. The lowest BCUT2D eigenvalue weighted by molar-refractivity contribution is 1.23. The normalized spacial score (nSPS) is 10.9. The number of hydrogen-bond donors (Lipinski definition) is 1. The van der Waals surface area contributed by atoms with E-state index in [1.165, 1.54) is 0 Å². The van der Waals surface area contributed by atoms with Crippen LogP contribution in [0.2, 0.25) is 5.02 Å². The number of rotatable bonds is 3. The summed E-state index contributed by atoms with van der Waals surface area (Å²) < 4.78 is 0. The number of fused-ring (bicyclic) bond motifs is 1. The van der Waals surface area contributed by atoms with Crippen LogP contribution in [0, 0.1) is 6.92 Å². The molecule has 3 nitrogen and oxygen atoms in total. The molecule has 0 fully saturated rings. The number of halogens is 1. The van der Waals surface area contributed by atoms with Gasteiger partial charge in [0.1, 0.15) is 17.0 Å². The van der Waals surface area contributed by atoms with Gasteiger partial charge in [-0.3, -0.25) is 0 Å². The van der Waals surface area contributed by atoms with Gasteiger partial charge >= 0.3 is 0 Å². The van der Waals surface area contributed by atoms with Crippen molar-refractivity contribution in [1.29, 1.82) is 0 Å². The standard InChI is InChI=1S/C19H14ClN3S/c1-12-15(20)8-5-9-16(12)23-18-17-14(13-6-3-2-4-7-13)10-24-19(17)22-11-21-18/h2-11H,1H3,(H,21,22,23). The monoisotopic (exact) mass is 351 g/mol. The number of aromatic nitrogens is 2. The second-order valence-corrected chi connectivity index (χ2v) is 6.72. The van der Waals surface area contributed by atoms with Crippen molar-refractivity contribution in [2.45, 2.75) is 6.92 Å². The van der Waals surface area contributed by atoms with E-state index in [0.717, 1.165) is 43.4 Å². The van der Waals surface area contributed by atoms with Crippen LogP contribution in [0.15, 0.2) is 60.2 Å². The van der Waals surface area contributed by atoms with Gasteiger partial charge in [0.2, 0.25) is 0 Å². The van der Waals surface area contributed by atoms with Crippen molar-refractivity contribution in [2.24, 2.45) is 0 Å². The zero-order valence-corrected chi connectivity index (χ0v) is 14.5. The van der Waals surface area contributed by atoms with E-state index in [1.54, 1.807) is 17.7 Å². The predicted molar refractivity (Wildman–Crippen MR) is 102 cm³/mol. The summed E-state index contributed by atoms with van der Waals surface area (Å²) in [6, 6.07) is 16.1. The van der Waals surface area contributed by atoms with Gasteiger partial charge in [-0.05, 0) is 30.2 Å². The zero-order valence-electron chi connectivity index (χ0n) is 13.0. The summed E-state index contributed by atoms with van der Waals surface area (Å²) in [5.74, 6) is 0.797. The number of benzene rings is 2. The maximum absolute atomic E-state index is 6.23. The van der Waals surface area contributed by atoms with Gasteiger partial charge in [0.05, 0.1) is 5.39 Å². The Morgan fingerprint density at radius 1 is 1.00 bits per heavy atom. The third-order valence-corrected chi connectivity index (χ3v) is 5.27. The van der Waals surface area contributed by atoms with Gasteiger partial charge in [0, 0.05) is 21.7 Å². The van der Waals surface area contributed by atoms with Crippen LogP contribution in [-0.2, 0) is 0 Å². The number of nitrogens with one attached hydrogen (secondary N) is 1. The SMILES string of the molecule is Cc1c(Cl)cccc1Nc1ncnc2scc(-c3ccccc3)c12. The molecule has 4 aromatic rings. The first kappa shape index (κ1) is 15.1. The third kappa shape index (κ3) is 2.64. The molecule has 0 atom stereocenters. The second-order valence-electron chi connectivity index (χ2n) is 5.46. The lowest BCUT2D eigenvalue weighted by Crippen LogP contribution is -1.97. The maximum atomic E-state index is 6.23. The van der Waals surface area contributed by atoms with Crippen molar-refractivity contribution in [1.82, 2.24) is 9.97 Å². The molecule has 5 heteroatoms. The van der Waals surface area contributed by atoms with Crippen LogP contribution in [0.5, 0.6) is 0 Å². The molecule has 2 aromatic carbocycles. The van der Waals surface area contributed by atoms with Gasteiger partial charge in [-0.25, -0.2) is 9.97 Å². The summed E-state index contributed by atoms with van der Waals surface area (Å²) in [7, 11) is 0. The van der Waals surface area contributed by atoms with E-state index in [2.05, 4.69) is 32.8 Å². The second kappa shape index (κ2) is 6.23. The first-order valence-electron chi connectivity index (χ1n) is 7.54. The fourth-order valence-corrected chi connectivity index (χ4v) is 3.76. The molecule has 2 aromatic heterocycles. The summed E-state index contributed by atoms with van der Waals surface area (Å²) in [6.45, 7) is 1.99. The van der Waals surface area contributed by atoms with E-state index in [1.807, 2.05) is 43.3 Å². The smallest absolute Gasteiger partial charge is 0.143 e. The molecule has 118 valence electrons. The Hall–Kier alpha value is -2.43. The van der Waals surface area contributed by atoms with E-state index < -0.39 is 0 Å². The Morgan fingerprint density at radius 3 is 2.67 bits per heavy atom. The fourth-order valence-electron chi connectivity index (χ4n) is 2.67. The highest BCUT2D eigenvalue weighted by Gasteiger charge is 2.14. The van der Waals surface area contributed by atoms with E-state index >= 15 is 0 Å². The number of anilines is 2. The zero-order chi connectivity index (χ0) is 16.5. The average Bonchev–Trinajstić information content (AvgIpc) is 3.05. The molecule has 0 saturated heterocycles. The maximum Gasteiger partial charge on any atom is 0.143 e. The molecule has 4 rings (SSSR count). The number of hydrogen-bond acceptors (Lipinski definition) is 4. The minimum atomic E-state index is 0.735. The Bertz CT molecular complexity index is 1010. The average molecular weight is 352 g/mol. The van der Waals surface area contributed by atoms with E-state index in [9.17, 15) is 0 Å². The Kier molecular flexibility index (Phi) is 3.92. The van der Waals surface area contributed by atoms with Crippen LogP contribution < -0.4 is 5.32 Å². The van der Waals surface area contributed by atoms with Gasteiger partial charge in [-0.15, -0.1) is 11.3 Å². The van der Waals surface area contributed by atoms with Crippen LogP contribution >= 0.6 is 22.9 Å². The summed E-state index contributed by atoms with van der Waals surface area (Å²) in [5, 5.41) is 7.32. The van der Waals surface area contributed by atoms with E-state index in [4.69, 9.17) is 11.6 Å². The quantitative estimate of drug-likeness (QED) is 0.487. The van der Waals surface area contributed by atoms with Crippen LogP contribution in [0.4, 0.5) is 11.5 Å². The van der Waals surface area contributed by atoms with Crippen LogP contribution in [0.25, 0.3) is 21.3 Å². The molecule has 0 aliphatic heterocycles. The van der Waals surface area contributed by atoms with Gasteiger partial charge in [-0.1, -0.05) is 48.0 Å². The van der Waals surface area contributed by atoms with E-state index in [0.29, 0.717) is 0 Å². The molecule has 0 saturated carbocycles. The molecular formula is C19H14ClN3S. The summed E-state index contributed by atoms with van der Waals surface area (Å²) in [5.41, 5.74) is 4.25. The predicted octanol–water partition coefficient (Wildman–Crippen LogP) is 6.06.